The standard InChI is InChI=1S/C36H22N2O/c1-2-9-23(10-3-1)38-30-14-6-4-11-25(30)36-31(38)20-19-29-35(36)27-21-22(17-18-28(27)37-29)24-13-8-16-33-34(24)26-12-5-7-15-32(26)39-33/h1-21,37H. The van der Waals surface area contributed by atoms with Gasteiger partial charge in [-0.1, -0.05) is 72.8 Å². The predicted octanol–water partition coefficient (Wildman–Crippen LogP) is 9.98. The van der Waals surface area contributed by atoms with Crippen molar-refractivity contribution in [1.82, 2.24) is 9.55 Å². The Morgan fingerprint density at radius 3 is 2.18 bits per heavy atom. The highest BCUT2D eigenvalue weighted by molar-refractivity contribution is 6.28. The molecule has 0 saturated carbocycles. The Balaban J connectivity index is 1.40. The summed E-state index contributed by atoms with van der Waals surface area (Å²) in [6, 6.07) is 45.3. The highest BCUT2D eigenvalue weighted by Gasteiger charge is 2.18. The summed E-state index contributed by atoms with van der Waals surface area (Å²) in [5.74, 6) is 0. The summed E-state index contributed by atoms with van der Waals surface area (Å²) in [6.45, 7) is 0. The van der Waals surface area contributed by atoms with Crippen molar-refractivity contribution in [1.29, 1.82) is 0 Å². The van der Waals surface area contributed by atoms with Gasteiger partial charge in [0, 0.05) is 49.0 Å². The number of para-hydroxylation sites is 3. The van der Waals surface area contributed by atoms with E-state index in [1.54, 1.807) is 0 Å². The van der Waals surface area contributed by atoms with Crippen molar-refractivity contribution < 1.29 is 4.42 Å². The van der Waals surface area contributed by atoms with E-state index in [0.29, 0.717) is 0 Å². The molecule has 9 rings (SSSR count). The largest absolute Gasteiger partial charge is 0.456 e. The van der Waals surface area contributed by atoms with E-state index in [-0.39, 0.29) is 0 Å². The van der Waals surface area contributed by atoms with Gasteiger partial charge in [-0.3, -0.25) is 0 Å². The maximum absolute atomic E-state index is 6.20. The van der Waals surface area contributed by atoms with E-state index in [2.05, 4.69) is 125 Å². The second kappa shape index (κ2) is 7.62. The van der Waals surface area contributed by atoms with Crippen LogP contribution in [-0.4, -0.2) is 9.55 Å². The van der Waals surface area contributed by atoms with Crippen LogP contribution in [0.15, 0.2) is 132 Å². The number of hydrogen-bond donors (Lipinski definition) is 1. The summed E-state index contributed by atoms with van der Waals surface area (Å²) < 4.78 is 8.58. The molecule has 39 heavy (non-hydrogen) atoms. The van der Waals surface area contributed by atoms with Crippen LogP contribution >= 0.6 is 0 Å². The summed E-state index contributed by atoms with van der Waals surface area (Å²) >= 11 is 0. The highest BCUT2D eigenvalue weighted by Crippen LogP contribution is 2.42. The summed E-state index contributed by atoms with van der Waals surface area (Å²) in [6.07, 6.45) is 0. The number of fused-ring (bicyclic) bond motifs is 10. The van der Waals surface area contributed by atoms with Crippen LogP contribution in [0, 0.1) is 0 Å². The summed E-state index contributed by atoms with van der Waals surface area (Å²) in [5, 5.41) is 7.35. The SMILES string of the molecule is c1ccc(-n2c3ccccc3c3c4c(ccc32)[nH]c2ccc(-c3cccc5oc6ccccc6c35)cc24)cc1. The first-order valence-electron chi connectivity index (χ1n) is 13.3. The van der Waals surface area contributed by atoms with Crippen LogP contribution in [0.3, 0.4) is 0 Å². The van der Waals surface area contributed by atoms with Gasteiger partial charge in [-0.2, -0.15) is 0 Å². The molecule has 0 aliphatic heterocycles. The maximum atomic E-state index is 6.20. The Morgan fingerprint density at radius 1 is 0.487 bits per heavy atom. The van der Waals surface area contributed by atoms with Crippen LogP contribution in [0.1, 0.15) is 0 Å². The Labute approximate surface area is 223 Å². The number of benzene rings is 6. The minimum Gasteiger partial charge on any atom is -0.456 e. The van der Waals surface area contributed by atoms with Crippen LogP contribution in [-0.2, 0) is 0 Å². The monoisotopic (exact) mass is 498 g/mol. The van der Waals surface area contributed by atoms with E-state index in [1.807, 2.05) is 12.1 Å². The fraction of sp³-hybridized carbons (Fsp3) is 0. The molecule has 0 bridgehead atoms. The third-order valence-electron chi connectivity index (χ3n) is 8.12. The molecule has 0 fully saturated rings. The second-order valence-electron chi connectivity index (χ2n) is 10.2. The van der Waals surface area contributed by atoms with Gasteiger partial charge in [0.2, 0.25) is 0 Å². The van der Waals surface area contributed by atoms with E-state index >= 15 is 0 Å². The van der Waals surface area contributed by atoms with Crippen LogP contribution in [0.2, 0.25) is 0 Å². The summed E-state index contributed by atoms with van der Waals surface area (Å²) in [7, 11) is 0. The molecule has 9 aromatic rings. The van der Waals surface area contributed by atoms with Gasteiger partial charge in [-0.25, -0.2) is 0 Å². The minimum atomic E-state index is 0.918. The average molecular weight is 499 g/mol. The lowest BCUT2D eigenvalue weighted by molar-refractivity contribution is 0.669. The van der Waals surface area contributed by atoms with Crippen molar-refractivity contribution in [2.24, 2.45) is 0 Å². The van der Waals surface area contributed by atoms with Crippen molar-refractivity contribution in [2.75, 3.05) is 0 Å². The molecule has 0 aliphatic carbocycles. The first kappa shape index (κ1) is 20.7. The molecule has 3 nitrogen and oxygen atoms in total. The minimum absolute atomic E-state index is 0.918. The van der Waals surface area contributed by atoms with Crippen LogP contribution in [0.5, 0.6) is 0 Å². The lowest BCUT2D eigenvalue weighted by Gasteiger charge is -2.07. The predicted molar refractivity (Wildman–Crippen MR) is 163 cm³/mol. The molecule has 3 aromatic heterocycles. The van der Waals surface area contributed by atoms with Gasteiger partial charge >= 0.3 is 0 Å². The molecule has 182 valence electrons. The third kappa shape index (κ3) is 2.82. The smallest absolute Gasteiger partial charge is 0.136 e. The van der Waals surface area contributed by atoms with Crippen LogP contribution in [0.25, 0.3) is 82.4 Å². The fourth-order valence-electron chi connectivity index (χ4n) is 6.49. The summed E-state index contributed by atoms with van der Waals surface area (Å²) in [5.41, 5.74) is 10.1. The first-order chi connectivity index (χ1) is 19.3. The number of aromatic nitrogens is 2. The van der Waals surface area contributed by atoms with Gasteiger partial charge in [0.1, 0.15) is 11.2 Å². The lowest BCUT2D eigenvalue weighted by Crippen LogP contribution is -1.92. The Kier molecular flexibility index (Phi) is 4.05. The van der Waals surface area contributed by atoms with Crippen molar-refractivity contribution in [3.05, 3.63) is 127 Å². The molecular weight excluding hydrogens is 476 g/mol. The first-order valence-corrected chi connectivity index (χ1v) is 13.3. The number of hydrogen-bond acceptors (Lipinski definition) is 1. The normalized spacial score (nSPS) is 12.1. The van der Waals surface area contributed by atoms with Crippen molar-refractivity contribution in [2.45, 2.75) is 0 Å². The molecule has 0 radical (unpaired) electrons. The van der Waals surface area contributed by atoms with E-state index in [0.717, 1.165) is 33.0 Å². The lowest BCUT2D eigenvalue weighted by atomic mass is 9.97. The molecule has 1 N–H and O–H groups in total. The van der Waals surface area contributed by atoms with Gasteiger partial charge in [-0.15, -0.1) is 0 Å². The quantitative estimate of drug-likeness (QED) is 0.253. The van der Waals surface area contributed by atoms with Gasteiger partial charge in [0.25, 0.3) is 0 Å². The molecule has 0 atom stereocenters. The Morgan fingerprint density at radius 2 is 1.26 bits per heavy atom. The van der Waals surface area contributed by atoms with Crippen LogP contribution < -0.4 is 0 Å². The maximum Gasteiger partial charge on any atom is 0.136 e. The number of H-pyrrole nitrogens is 1. The molecule has 6 aromatic carbocycles. The van der Waals surface area contributed by atoms with Crippen LogP contribution in [0.4, 0.5) is 0 Å². The zero-order chi connectivity index (χ0) is 25.5. The Hall–Kier alpha value is -5.28. The highest BCUT2D eigenvalue weighted by atomic mass is 16.3. The van der Waals surface area contributed by atoms with Crippen molar-refractivity contribution >= 4 is 65.6 Å². The van der Waals surface area contributed by atoms with Gasteiger partial charge in [-0.05, 0) is 65.7 Å². The number of nitrogens with one attached hydrogen (secondary N) is 1. The number of furan rings is 1. The van der Waals surface area contributed by atoms with E-state index < -0.39 is 0 Å². The van der Waals surface area contributed by atoms with E-state index in [1.165, 1.54) is 49.4 Å². The molecule has 3 heterocycles. The van der Waals surface area contributed by atoms with Gasteiger partial charge in [0.05, 0.1) is 11.0 Å². The number of rotatable bonds is 2. The molecule has 0 saturated heterocycles. The zero-order valence-corrected chi connectivity index (χ0v) is 21.0. The van der Waals surface area contributed by atoms with E-state index in [4.69, 9.17) is 4.42 Å². The average Bonchev–Trinajstić information content (AvgIpc) is 3.66. The topological polar surface area (TPSA) is 33.9 Å². The molecule has 3 heteroatoms. The van der Waals surface area contributed by atoms with Crippen molar-refractivity contribution in [3.8, 4) is 16.8 Å². The molecule has 0 aliphatic rings. The third-order valence-corrected chi connectivity index (χ3v) is 8.12. The van der Waals surface area contributed by atoms with E-state index in [9.17, 15) is 0 Å². The fourth-order valence-corrected chi connectivity index (χ4v) is 6.49. The van der Waals surface area contributed by atoms with Gasteiger partial charge < -0.3 is 14.0 Å². The number of nitrogens with zero attached hydrogens (tertiary/aromatic N) is 1. The molecule has 0 spiro atoms. The molecule has 0 amide bonds. The van der Waals surface area contributed by atoms with Gasteiger partial charge in [0.15, 0.2) is 0 Å². The Bertz CT molecular complexity index is 2390. The summed E-state index contributed by atoms with van der Waals surface area (Å²) in [4.78, 5) is 3.70. The zero-order valence-electron chi connectivity index (χ0n) is 21.0. The van der Waals surface area contributed by atoms with Crippen molar-refractivity contribution in [3.63, 3.8) is 0 Å². The molecular formula is C36H22N2O. The second-order valence-corrected chi connectivity index (χ2v) is 10.2. The molecule has 0 unspecified atom stereocenters. The number of aromatic amines is 1.